The Labute approximate surface area is 282 Å². The Morgan fingerprint density at radius 2 is 1.41 bits per heavy atom. The van der Waals surface area contributed by atoms with E-state index in [-0.39, 0.29) is 16.6 Å². The van der Waals surface area contributed by atoms with E-state index in [0.717, 1.165) is 50.0 Å². The molecule has 4 aromatic heterocycles. The maximum atomic E-state index is 11.7. The van der Waals surface area contributed by atoms with Crippen LogP contribution in [0.2, 0.25) is 0 Å². The first-order chi connectivity index (χ1) is 23.8. The van der Waals surface area contributed by atoms with Crippen LogP contribution in [0.3, 0.4) is 0 Å². The van der Waals surface area contributed by atoms with Gasteiger partial charge in [0.25, 0.3) is 6.33 Å². The van der Waals surface area contributed by atoms with Crippen LogP contribution in [0.4, 0.5) is 0 Å². The highest BCUT2D eigenvalue weighted by Crippen LogP contribution is 2.54. The monoisotopic (exact) mass is 639 g/mol. The summed E-state index contributed by atoms with van der Waals surface area (Å²) in [6.45, 7) is 9.14. The molecule has 9 aromatic rings. The standard InChI is InChI=1S/C42H33N5O2/c1-41(2)30-19-13-23-34-35(30)47-38(42(41,3)4)40(43-39(47)36-37(48)29-18-8-9-20-31(29)46(34)36)49-28-17-12-16-27(24-28)45-25-44(26-14-6-5-7-15-26)32-21-10-11-22-33(32)45/h5-24,48H,1-4H3. The highest BCUT2D eigenvalue weighted by atomic mass is 16.5. The van der Waals surface area contributed by atoms with Crippen molar-refractivity contribution in [3.8, 4) is 28.8 Å². The molecule has 0 aliphatic carbocycles. The molecular weight excluding hydrogens is 606 g/mol. The van der Waals surface area contributed by atoms with Crippen LogP contribution in [0.15, 0.2) is 121 Å². The number of ether oxygens (including phenoxy) is 1. The van der Waals surface area contributed by atoms with Crippen LogP contribution in [-0.2, 0) is 10.8 Å². The SMILES string of the molecule is CC1(C)c2cccc3c2n2c(c(Oc4cccc(-n5[c-][n+](-c6ccccc6)c6ccccc65)c4)nc2c2c(O)c4ccccc4n32)C1(C)C. The summed E-state index contributed by atoms with van der Waals surface area (Å²) in [5, 5.41) is 12.5. The summed E-state index contributed by atoms with van der Waals surface area (Å²) in [6, 6.07) is 41.2. The number of hydrogen-bond donors (Lipinski definition) is 1. The van der Waals surface area contributed by atoms with Crippen molar-refractivity contribution in [2.75, 3.05) is 0 Å². The minimum absolute atomic E-state index is 0.220. The number of imidazole rings is 2. The molecule has 10 rings (SSSR count). The molecule has 1 aliphatic rings. The predicted molar refractivity (Wildman–Crippen MR) is 193 cm³/mol. The molecule has 0 spiro atoms. The van der Waals surface area contributed by atoms with Gasteiger partial charge in [-0.3, -0.25) is 13.5 Å². The predicted octanol–water partition coefficient (Wildman–Crippen LogP) is 8.98. The van der Waals surface area contributed by atoms with Gasteiger partial charge in [-0.25, -0.2) is 0 Å². The second kappa shape index (κ2) is 9.51. The summed E-state index contributed by atoms with van der Waals surface area (Å²) in [6.07, 6.45) is 3.58. The van der Waals surface area contributed by atoms with Gasteiger partial charge in [-0.15, -0.1) is 0 Å². The van der Waals surface area contributed by atoms with Crippen LogP contribution in [0.1, 0.15) is 39.0 Å². The number of hydrogen-bond acceptors (Lipinski definition) is 3. The van der Waals surface area contributed by atoms with E-state index in [1.807, 2.05) is 60.7 Å². The van der Waals surface area contributed by atoms with Crippen LogP contribution in [0, 0.1) is 6.33 Å². The molecule has 0 radical (unpaired) electrons. The number of aromatic hydroxyl groups is 1. The molecule has 0 atom stereocenters. The van der Waals surface area contributed by atoms with Gasteiger partial charge in [-0.1, -0.05) is 100 Å². The topological polar surface area (TPSA) is 60.0 Å². The van der Waals surface area contributed by atoms with Crippen LogP contribution in [0.25, 0.3) is 55.5 Å². The first kappa shape index (κ1) is 28.0. The molecule has 5 heterocycles. The lowest BCUT2D eigenvalue weighted by Gasteiger charge is -2.45. The van der Waals surface area contributed by atoms with Crippen LogP contribution in [0.5, 0.6) is 17.4 Å². The first-order valence-electron chi connectivity index (χ1n) is 16.6. The zero-order chi connectivity index (χ0) is 33.2. The van der Waals surface area contributed by atoms with Gasteiger partial charge in [0, 0.05) is 16.2 Å². The summed E-state index contributed by atoms with van der Waals surface area (Å²) < 4.78 is 15.4. The molecule has 1 aliphatic heterocycles. The molecule has 5 aromatic carbocycles. The van der Waals surface area contributed by atoms with E-state index in [9.17, 15) is 5.11 Å². The van der Waals surface area contributed by atoms with E-state index in [1.54, 1.807) is 0 Å². The zero-order valence-corrected chi connectivity index (χ0v) is 27.6. The number of fused-ring (bicyclic) bond motifs is 6. The molecule has 0 saturated carbocycles. The molecule has 7 heteroatoms. The van der Waals surface area contributed by atoms with Gasteiger partial charge >= 0.3 is 0 Å². The molecule has 0 amide bonds. The second-order valence-electron chi connectivity index (χ2n) is 14.1. The van der Waals surface area contributed by atoms with Gasteiger partial charge in [0.15, 0.2) is 11.4 Å². The van der Waals surface area contributed by atoms with E-state index in [1.165, 1.54) is 5.56 Å². The minimum Gasteiger partial charge on any atom is -0.505 e. The zero-order valence-electron chi connectivity index (χ0n) is 27.6. The fraction of sp³-hybridized carbons (Fsp3) is 0.143. The Morgan fingerprint density at radius 3 is 2.24 bits per heavy atom. The quantitative estimate of drug-likeness (QED) is 0.155. The van der Waals surface area contributed by atoms with Crippen molar-refractivity contribution in [1.29, 1.82) is 0 Å². The Kier molecular flexibility index (Phi) is 5.43. The van der Waals surface area contributed by atoms with Gasteiger partial charge in [0.1, 0.15) is 11.3 Å². The van der Waals surface area contributed by atoms with Gasteiger partial charge in [-0.05, 0) is 54.1 Å². The third-order valence-electron chi connectivity index (χ3n) is 11.1. The van der Waals surface area contributed by atoms with Crippen molar-refractivity contribution in [3.05, 3.63) is 139 Å². The van der Waals surface area contributed by atoms with Crippen LogP contribution in [-0.4, -0.2) is 23.5 Å². The molecule has 0 fully saturated rings. The maximum absolute atomic E-state index is 11.7. The van der Waals surface area contributed by atoms with Crippen molar-refractivity contribution in [3.63, 3.8) is 0 Å². The average Bonchev–Trinajstić information content (AvgIpc) is 3.79. The molecule has 1 N–H and O–H groups in total. The Morgan fingerprint density at radius 1 is 0.694 bits per heavy atom. The van der Waals surface area contributed by atoms with E-state index in [2.05, 4.69) is 113 Å². The maximum Gasteiger partial charge on any atom is 0.269 e. The largest absolute Gasteiger partial charge is 0.505 e. The van der Waals surface area contributed by atoms with E-state index in [0.29, 0.717) is 22.8 Å². The van der Waals surface area contributed by atoms with Crippen molar-refractivity contribution in [2.45, 2.75) is 38.5 Å². The third kappa shape index (κ3) is 3.56. The Balaban J connectivity index is 1.21. The van der Waals surface area contributed by atoms with E-state index in [4.69, 9.17) is 9.72 Å². The number of nitrogens with zero attached hydrogens (tertiary/aromatic N) is 5. The van der Waals surface area contributed by atoms with Crippen molar-refractivity contribution in [2.24, 2.45) is 0 Å². The molecule has 7 nitrogen and oxygen atoms in total. The summed E-state index contributed by atoms with van der Waals surface area (Å²) in [5.74, 6) is 1.42. The Bertz CT molecular complexity index is 2820. The highest BCUT2D eigenvalue weighted by molar-refractivity contribution is 6.06. The summed E-state index contributed by atoms with van der Waals surface area (Å²) >= 11 is 0. The Hall–Kier alpha value is -6.08. The lowest BCUT2D eigenvalue weighted by molar-refractivity contribution is -0.572. The van der Waals surface area contributed by atoms with Gasteiger partial charge < -0.3 is 14.2 Å². The fourth-order valence-corrected chi connectivity index (χ4v) is 7.98. The van der Waals surface area contributed by atoms with Crippen molar-refractivity contribution >= 4 is 44.1 Å². The lowest BCUT2D eigenvalue weighted by Crippen LogP contribution is -2.44. The normalized spacial score (nSPS) is 14.9. The van der Waals surface area contributed by atoms with Gasteiger partial charge in [0.2, 0.25) is 5.88 Å². The number of benzene rings is 5. The molecule has 0 unspecified atom stereocenters. The number of para-hydroxylation sites is 5. The van der Waals surface area contributed by atoms with E-state index < -0.39 is 0 Å². The first-order valence-corrected chi connectivity index (χ1v) is 16.6. The minimum atomic E-state index is -0.383. The number of aromatic nitrogens is 5. The number of rotatable bonds is 4. The van der Waals surface area contributed by atoms with Gasteiger partial charge in [0.05, 0.1) is 44.7 Å². The highest BCUT2D eigenvalue weighted by Gasteiger charge is 2.49. The smallest absolute Gasteiger partial charge is 0.269 e. The summed E-state index contributed by atoms with van der Waals surface area (Å²) in [4.78, 5) is 5.24. The molecule has 238 valence electrons. The average molecular weight is 640 g/mol. The molecule has 0 saturated heterocycles. The lowest BCUT2D eigenvalue weighted by atomic mass is 9.61. The van der Waals surface area contributed by atoms with E-state index >= 15 is 0 Å². The molecule has 0 bridgehead atoms. The molecular formula is C42H33N5O2. The van der Waals surface area contributed by atoms with Gasteiger partial charge in [-0.2, -0.15) is 4.98 Å². The third-order valence-corrected chi connectivity index (χ3v) is 11.1. The second-order valence-corrected chi connectivity index (χ2v) is 14.1. The van der Waals surface area contributed by atoms with Crippen molar-refractivity contribution < 1.29 is 14.4 Å². The van der Waals surface area contributed by atoms with Crippen molar-refractivity contribution in [1.82, 2.24) is 18.4 Å². The van der Waals surface area contributed by atoms with Crippen LogP contribution < -0.4 is 9.30 Å². The molecule has 49 heavy (non-hydrogen) atoms. The summed E-state index contributed by atoms with van der Waals surface area (Å²) in [5.41, 5.74) is 10.0. The summed E-state index contributed by atoms with van der Waals surface area (Å²) in [7, 11) is 0. The van der Waals surface area contributed by atoms with Crippen LogP contribution >= 0.6 is 0 Å². The fourth-order valence-electron chi connectivity index (χ4n) is 7.98.